The third kappa shape index (κ3) is 4.31. The van der Waals surface area contributed by atoms with Crippen LogP contribution in [0.25, 0.3) is 10.9 Å². The number of anilines is 1. The minimum absolute atomic E-state index is 0.00446. The van der Waals surface area contributed by atoms with Crippen molar-refractivity contribution in [3.63, 3.8) is 0 Å². The third-order valence-electron chi connectivity index (χ3n) is 6.35. The van der Waals surface area contributed by atoms with Crippen molar-refractivity contribution >= 4 is 22.5 Å². The number of carbonyl (C=O) groups is 1. The molecular formula is C25H27FN2O. The van der Waals surface area contributed by atoms with Gasteiger partial charge in [-0.15, -0.1) is 0 Å². The molecule has 1 N–H and O–H groups in total. The Bertz CT molecular complexity index is 972. The first kappa shape index (κ1) is 19.6. The van der Waals surface area contributed by atoms with Gasteiger partial charge in [-0.25, -0.2) is 4.39 Å². The summed E-state index contributed by atoms with van der Waals surface area (Å²) in [5.41, 5.74) is 3.10. The van der Waals surface area contributed by atoms with Crippen molar-refractivity contribution in [1.29, 1.82) is 0 Å². The van der Waals surface area contributed by atoms with E-state index in [1.54, 1.807) is 12.1 Å². The molecule has 1 atom stereocenters. The molecule has 1 saturated carbocycles. The lowest BCUT2D eigenvalue weighted by Gasteiger charge is -2.33. The second-order valence-corrected chi connectivity index (χ2v) is 8.04. The van der Waals surface area contributed by atoms with Crippen LogP contribution in [0.4, 0.5) is 10.1 Å². The van der Waals surface area contributed by atoms with Gasteiger partial charge in [0.15, 0.2) is 0 Å². The molecule has 0 spiro atoms. The van der Waals surface area contributed by atoms with Gasteiger partial charge in [-0.2, -0.15) is 0 Å². The van der Waals surface area contributed by atoms with E-state index in [-0.39, 0.29) is 17.6 Å². The van der Waals surface area contributed by atoms with Crippen molar-refractivity contribution < 1.29 is 9.18 Å². The number of hydrogen-bond acceptors (Lipinski definition) is 2. The molecule has 1 aliphatic rings. The van der Waals surface area contributed by atoms with Gasteiger partial charge in [-0.3, -0.25) is 9.78 Å². The van der Waals surface area contributed by atoms with E-state index in [9.17, 15) is 9.18 Å². The highest BCUT2D eigenvalue weighted by Crippen LogP contribution is 2.41. The van der Waals surface area contributed by atoms with E-state index in [2.05, 4.69) is 41.5 Å². The van der Waals surface area contributed by atoms with E-state index in [1.807, 2.05) is 12.3 Å². The molecule has 4 heteroatoms. The molecule has 2 aromatic carbocycles. The molecule has 29 heavy (non-hydrogen) atoms. The first-order valence-electron chi connectivity index (χ1n) is 10.6. The van der Waals surface area contributed by atoms with Crippen LogP contribution in [0.2, 0.25) is 0 Å². The highest BCUT2D eigenvalue weighted by Gasteiger charge is 2.32. The van der Waals surface area contributed by atoms with E-state index >= 15 is 0 Å². The molecule has 1 heterocycles. The normalized spacial score (nSPS) is 20.3. The summed E-state index contributed by atoms with van der Waals surface area (Å²) in [6, 6.07) is 16.5. The second-order valence-electron chi connectivity index (χ2n) is 8.04. The van der Waals surface area contributed by atoms with E-state index < -0.39 is 0 Å². The Morgan fingerprint density at radius 2 is 1.79 bits per heavy atom. The number of nitrogens with zero attached hydrogens (tertiary/aromatic N) is 1. The Hall–Kier alpha value is -2.75. The van der Waals surface area contributed by atoms with Crippen LogP contribution in [0, 0.1) is 17.7 Å². The summed E-state index contributed by atoms with van der Waals surface area (Å²) in [5, 5.41) is 4.22. The fraction of sp³-hybridized carbons (Fsp3) is 0.360. The van der Waals surface area contributed by atoms with Crippen molar-refractivity contribution in [2.45, 2.75) is 44.9 Å². The van der Waals surface area contributed by atoms with E-state index in [0.717, 1.165) is 37.6 Å². The Morgan fingerprint density at radius 3 is 2.52 bits per heavy atom. The smallest absolute Gasteiger partial charge is 0.227 e. The number of pyridine rings is 1. The van der Waals surface area contributed by atoms with Gasteiger partial charge in [0.05, 0.1) is 5.52 Å². The summed E-state index contributed by atoms with van der Waals surface area (Å²) in [5.74, 6) is 0.672. The van der Waals surface area contributed by atoms with Crippen molar-refractivity contribution in [1.82, 2.24) is 4.98 Å². The van der Waals surface area contributed by atoms with E-state index in [4.69, 9.17) is 0 Å². The molecule has 1 aromatic heterocycles. The van der Waals surface area contributed by atoms with Crippen LogP contribution in [-0.4, -0.2) is 10.9 Å². The van der Waals surface area contributed by atoms with Crippen LogP contribution >= 0.6 is 0 Å². The summed E-state index contributed by atoms with van der Waals surface area (Å²) in [6.07, 6.45) is 7.03. The summed E-state index contributed by atoms with van der Waals surface area (Å²) in [7, 11) is 0. The van der Waals surface area contributed by atoms with Crippen molar-refractivity contribution in [2.24, 2.45) is 11.8 Å². The standard InChI is InChI=1S/C25H27FN2O/c1-2-21(25(29)28-20-13-11-19(26)12-14-20)17-7-9-18(10-8-17)22-15-16-27-24-6-4-3-5-23(22)24/h3-6,11-18,21H,2,7-10H2,1H3,(H,28,29). The molecule has 1 aliphatic carbocycles. The number of carbonyl (C=O) groups excluding carboxylic acids is 1. The number of fused-ring (bicyclic) bond motifs is 1. The minimum Gasteiger partial charge on any atom is -0.326 e. The fourth-order valence-electron chi connectivity index (χ4n) is 4.81. The molecule has 0 aliphatic heterocycles. The predicted molar refractivity (Wildman–Crippen MR) is 115 cm³/mol. The zero-order valence-electron chi connectivity index (χ0n) is 16.8. The van der Waals surface area contributed by atoms with Gasteiger partial charge in [0.2, 0.25) is 5.91 Å². The molecule has 3 nitrogen and oxygen atoms in total. The lowest BCUT2D eigenvalue weighted by Crippen LogP contribution is -2.31. The summed E-state index contributed by atoms with van der Waals surface area (Å²) in [6.45, 7) is 2.08. The summed E-state index contributed by atoms with van der Waals surface area (Å²) < 4.78 is 13.1. The van der Waals surface area contributed by atoms with E-state index in [0.29, 0.717) is 17.5 Å². The van der Waals surface area contributed by atoms with Gasteiger partial charge in [0, 0.05) is 23.2 Å². The first-order chi connectivity index (χ1) is 14.2. The van der Waals surface area contributed by atoms with Crippen molar-refractivity contribution in [3.8, 4) is 0 Å². The lowest BCUT2D eigenvalue weighted by atomic mass is 9.72. The van der Waals surface area contributed by atoms with Crippen LogP contribution < -0.4 is 5.32 Å². The summed E-state index contributed by atoms with van der Waals surface area (Å²) >= 11 is 0. The second kappa shape index (κ2) is 8.73. The maximum atomic E-state index is 13.1. The Labute approximate surface area is 171 Å². The number of aromatic nitrogens is 1. The lowest BCUT2D eigenvalue weighted by molar-refractivity contribution is -0.122. The molecule has 1 unspecified atom stereocenters. The maximum absolute atomic E-state index is 13.1. The number of nitrogens with one attached hydrogen (secondary N) is 1. The third-order valence-corrected chi connectivity index (χ3v) is 6.35. The first-order valence-corrected chi connectivity index (χ1v) is 10.6. The summed E-state index contributed by atoms with van der Waals surface area (Å²) in [4.78, 5) is 17.3. The quantitative estimate of drug-likeness (QED) is 0.554. The Balaban J connectivity index is 1.42. The number of para-hydroxylation sites is 1. The molecule has 150 valence electrons. The molecule has 0 radical (unpaired) electrons. The molecule has 0 saturated heterocycles. The SMILES string of the molecule is CCC(C(=O)Nc1ccc(F)cc1)C1CCC(c2ccnc3ccccc23)CC1. The topological polar surface area (TPSA) is 42.0 Å². The van der Waals surface area contributed by atoms with Crippen LogP contribution in [0.5, 0.6) is 0 Å². The number of amides is 1. The molecular weight excluding hydrogens is 363 g/mol. The molecule has 4 rings (SSSR count). The molecule has 1 fully saturated rings. The van der Waals surface area contributed by atoms with Crippen LogP contribution in [0.1, 0.15) is 50.5 Å². The highest BCUT2D eigenvalue weighted by atomic mass is 19.1. The number of halogens is 1. The number of rotatable bonds is 5. The van der Waals surface area contributed by atoms with Gasteiger partial charge in [-0.1, -0.05) is 25.1 Å². The number of hydrogen-bond donors (Lipinski definition) is 1. The predicted octanol–water partition coefficient (Wildman–Crippen LogP) is 6.31. The average Bonchev–Trinajstić information content (AvgIpc) is 2.76. The molecule has 1 amide bonds. The minimum atomic E-state index is -0.294. The monoisotopic (exact) mass is 390 g/mol. The fourth-order valence-corrected chi connectivity index (χ4v) is 4.81. The zero-order chi connectivity index (χ0) is 20.2. The van der Waals surface area contributed by atoms with Gasteiger partial charge in [0.1, 0.15) is 5.82 Å². The highest BCUT2D eigenvalue weighted by molar-refractivity contribution is 5.92. The Morgan fingerprint density at radius 1 is 1.07 bits per heavy atom. The van der Waals surface area contributed by atoms with Gasteiger partial charge in [-0.05, 0) is 85.9 Å². The van der Waals surface area contributed by atoms with Gasteiger partial charge >= 0.3 is 0 Å². The zero-order valence-corrected chi connectivity index (χ0v) is 16.8. The molecule has 3 aromatic rings. The van der Waals surface area contributed by atoms with Crippen molar-refractivity contribution in [3.05, 3.63) is 72.2 Å². The number of benzene rings is 2. The largest absolute Gasteiger partial charge is 0.326 e. The van der Waals surface area contributed by atoms with Crippen LogP contribution in [-0.2, 0) is 4.79 Å². The van der Waals surface area contributed by atoms with Gasteiger partial charge in [0.25, 0.3) is 0 Å². The van der Waals surface area contributed by atoms with Crippen molar-refractivity contribution in [2.75, 3.05) is 5.32 Å². The van der Waals surface area contributed by atoms with E-state index in [1.165, 1.54) is 23.1 Å². The van der Waals surface area contributed by atoms with Crippen LogP contribution in [0.3, 0.4) is 0 Å². The average molecular weight is 391 g/mol. The molecule has 0 bridgehead atoms. The van der Waals surface area contributed by atoms with Crippen LogP contribution in [0.15, 0.2) is 60.8 Å². The maximum Gasteiger partial charge on any atom is 0.227 e. The Kier molecular flexibility index (Phi) is 5.89. The van der Waals surface area contributed by atoms with Gasteiger partial charge < -0.3 is 5.32 Å².